The molecule has 12 heteroatoms. The molecule has 2 aliphatic heterocycles. The number of hydrogen-bond acceptors (Lipinski definition) is 4. The molecule has 0 aliphatic carbocycles. The van der Waals surface area contributed by atoms with Gasteiger partial charge in [-0.3, -0.25) is 28.9 Å². The number of carbonyl (C=O) groups excluding carboxylic acids is 4. The van der Waals surface area contributed by atoms with Gasteiger partial charge in [0.1, 0.15) is 17.3 Å². The molecule has 0 bridgehead atoms. The van der Waals surface area contributed by atoms with Gasteiger partial charge < -0.3 is 15.5 Å². The molecule has 2 N–H and O–H groups in total. The number of rotatable bonds is 6. The summed E-state index contributed by atoms with van der Waals surface area (Å²) in [6, 6.07) is 9.90. The molecule has 0 saturated carbocycles. The number of benzene rings is 2. The standard InChI is InChI=1S/C29H30F3N5O4/c1-28(2,3)13-21(36(15-22(31)32)26(40)24(38)34-18-11-9-17(30)10-12-18)25(39)37-16-29(14-23(37)33-4)19-7-5-6-8-20(19)35-27(29)41/h5-12,21-23H,13-16H2,1-3H3,(H,34,38)(H,35,41)/t21-,23-,29-/m0/s1. The van der Waals surface area contributed by atoms with Crippen LogP contribution in [0.5, 0.6) is 0 Å². The van der Waals surface area contributed by atoms with E-state index in [2.05, 4.69) is 15.5 Å². The highest BCUT2D eigenvalue weighted by atomic mass is 19.3. The fourth-order valence-electron chi connectivity index (χ4n) is 5.41. The third-order valence-electron chi connectivity index (χ3n) is 7.25. The second-order valence-electron chi connectivity index (χ2n) is 11.5. The molecule has 2 aromatic rings. The molecule has 1 spiro atoms. The minimum atomic E-state index is -3.08. The minimum Gasteiger partial charge on any atom is -0.325 e. The van der Waals surface area contributed by atoms with Gasteiger partial charge in [0, 0.05) is 17.9 Å². The molecule has 4 rings (SSSR count). The summed E-state index contributed by atoms with van der Waals surface area (Å²) in [7, 11) is 0. The van der Waals surface area contributed by atoms with Crippen LogP contribution in [-0.4, -0.2) is 65.2 Å². The summed E-state index contributed by atoms with van der Waals surface area (Å²) < 4.78 is 40.9. The predicted molar refractivity (Wildman–Crippen MR) is 144 cm³/mol. The number of carbonyl (C=O) groups is 4. The van der Waals surface area contributed by atoms with E-state index in [0.717, 1.165) is 17.0 Å². The maximum atomic E-state index is 14.1. The van der Waals surface area contributed by atoms with Gasteiger partial charge in [0.2, 0.25) is 5.91 Å². The molecule has 0 aromatic heterocycles. The second kappa shape index (κ2) is 11.2. The van der Waals surface area contributed by atoms with Gasteiger partial charge in [-0.15, -0.1) is 0 Å². The van der Waals surface area contributed by atoms with Crippen molar-refractivity contribution in [1.29, 1.82) is 0 Å². The van der Waals surface area contributed by atoms with Gasteiger partial charge in [0.05, 0.1) is 13.0 Å². The average molecular weight is 570 g/mol. The molecule has 0 radical (unpaired) electrons. The van der Waals surface area contributed by atoms with Crippen LogP contribution in [0.3, 0.4) is 0 Å². The van der Waals surface area contributed by atoms with Gasteiger partial charge in [-0.2, -0.15) is 0 Å². The monoisotopic (exact) mass is 569 g/mol. The Balaban J connectivity index is 1.68. The summed E-state index contributed by atoms with van der Waals surface area (Å²) in [5, 5.41) is 5.05. The minimum absolute atomic E-state index is 0.0127. The summed E-state index contributed by atoms with van der Waals surface area (Å²) in [4.78, 5) is 58.8. The van der Waals surface area contributed by atoms with Crippen LogP contribution in [0, 0.1) is 17.8 Å². The number of nitrogens with one attached hydrogen (secondary N) is 2. The van der Waals surface area contributed by atoms with Crippen LogP contribution in [0.2, 0.25) is 0 Å². The number of para-hydroxylation sites is 1. The van der Waals surface area contributed by atoms with E-state index in [1.807, 2.05) is 0 Å². The third kappa shape index (κ3) is 6.04. The molecule has 0 unspecified atom stereocenters. The van der Waals surface area contributed by atoms with E-state index in [4.69, 9.17) is 6.57 Å². The topological polar surface area (TPSA) is 103 Å². The molecule has 9 nitrogen and oxygen atoms in total. The van der Waals surface area contributed by atoms with Crippen molar-refractivity contribution in [1.82, 2.24) is 9.80 Å². The lowest BCUT2D eigenvalue weighted by molar-refractivity contribution is -0.153. The number of halogens is 3. The fraction of sp³-hybridized carbons (Fsp3) is 0.414. The van der Waals surface area contributed by atoms with Crippen molar-refractivity contribution >= 4 is 35.0 Å². The Bertz CT molecular complexity index is 1400. The molecule has 216 valence electrons. The van der Waals surface area contributed by atoms with E-state index >= 15 is 0 Å². The van der Waals surface area contributed by atoms with Crippen molar-refractivity contribution < 1.29 is 32.3 Å². The van der Waals surface area contributed by atoms with Gasteiger partial charge in [-0.25, -0.2) is 19.7 Å². The van der Waals surface area contributed by atoms with Crippen molar-refractivity contribution in [3.05, 3.63) is 71.3 Å². The first-order valence-corrected chi connectivity index (χ1v) is 13.0. The van der Waals surface area contributed by atoms with Gasteiger partial charge in [-0.05, 0) is 47.7 Å². The summed E-state index contributed by atoms with van der Waals surface area (Å²) in [6.07, 6.45) is -4.30. The van der Waals surface area contributed by atoms with E-state index in [9.17, 15) is 32.3 Å². The smallest absolute Gasteiger partial charge is 0.313 e. The zero-order valence-corrected chi connectivity index (χ0v) is 22.8. The number of hydrogen-bond donors (Lipinski definition) is 2. The Morgan fingerprint density at radius 2 is 1.83 bits per heavy atom. The van der Waals surface area contributed by atoms with Crippen LogP contribution in [0.15, 0.2) is 48.5 Å². The fourth-order valence-corrected chi connectivity index (χ4v) is 5.41. The highest BCUT2D eigenvalue weighted by Crippen LogP contribution is 2.47. The van der Waals surface area contributed by atoms with Gasteiger partial charge in [0.25, 0.3) is 12.3 Å². The van der Waals surface area contributed by atoms with E-state index in [-0.39, 0.29) is 31.0 Å². The van der Waals surface area contributed by atoms with E-state index < -0.39 is 59.5 Å². The van der Waals surface area contributed by atoms with E-state index in [1.54, 1.807) is 45.0 Å². The highest BCUT2D eigenvalue weighted by molar-refractivity contribution is 6.40. The van der Waals surface area contributed by atoms with Crippen LogP contribution in [0.1, 0.15) is 39.2 Å². The summed E-state index contributed by atoms with van der Waals surface area (Å²) in [6.45, 7) is 11.6. The SMILES string of the molecule is [C-]#[N+][C@@H]1C[C@@]2(CN1C(=O)[C@H](CC(C)(C)C)N(CC(F)F)C(=O)C(=O)Nc1ccc(F)cc1)C(=O)Nc1ccccc12. The Morgan fingerprint density at radius 1 is 1.17 bits per heavy atom. The van der Waals surface area contributed by atoms with Crippen molar-refractivity contribution in [2.45, 2.75) is 57.7 Å². The largest absolute Gasteiger partial charge is 0.325 e. The second-order valence-corrected chi connectivity index (χ2v) is 11.5. The quantitative estimate of drug-likeness (QED) is 0.405. The molecule has 2 aliphatic rings. The number of fused-ring (bicyclic) bond motifs is 2. The number of likely N-dealkylation sites (tertiary alicyclic amines) is 1. The van der Waals surface area contributed by atoms with Crippen LogP contribution in [-0.2, 0) is 24.6 Å². The van der Waals surface area contributed by atoms with Crippen molar-refractivity contribution in [2.24, 2.45) is 5.41 Å². The van der Waals surface area contributed by atoms with Crippen LogP contribution in [0.4, 0.5) is 24.5 Å². The lowest BCUT2D eigenvalue weighted by Gasteiger charge is -2.36. The lowest BCUT2D eigenvalue weighted by Crippen LogP contribution is -2.56. The van der Waals surface area contributed by atoms with Crippen molar-refractivity contribution in [3.8, 4) is 0 Å². The molecule has 1 saturated heterocycles. The van der Waals surface area contributed by atoms with Crippen LogP contribution >= 0.6 is 0 Å². The van der Waals surface area contributed by atoms with E-state index in [0.29, 0.717) is 16.2 Å². The highest BCUT2D eigenvalue weighted by Gasteiger charge is 2.59. The van der Waals surface area contributed by atoms with Gasteiger partial charge in [0.15, 0.2) is 0 Å². The first kappa shape index (κ1) is 29.6. The molecule has 41 heavy (non-hydrogen) atoms. The zero-order valence-electron chi connectivity index (χ0n) is 22.8. The molecule has 2 aromatic carbocycles. The summed E-state index contributed by atoms with van der Waals surface area (Å²) >= 11 is 0. The van der Waals surface area contributed by atoms with E-state index in [1.165, 1.54) is 12.1 Å². The maximum Gasteiger partial charge on any atom is 0.313 e. The number of amides is 4. The van der Waals surface area contributed by atoms with Gasteiger partial charge >= 0.3 is 18.0 Å². The van der Waals surface area contributed by atoms with Crippen LogP contribution < -0.4 is 10.6 Å². The molecular formula is C29H30F3N5O4. The number of alkyl halides is 2. The molecule has 1 fully saturated rings. The lowest BCUT2D eigenvalue weighted by atomic mass is 9.80. The molecule has 4 amide bonds. The Kier molecular flexibility index (Phi) is 8.10. The van der Waals surface area contributed by atoms with Crippen LogP contribution in [0.25, 0.3) is 4.85 Å². The Labute approximate surface area is 235 Å². The molecule has 2 heterocycles. The van der Waals surface area contributed by atoms with Crippen molar-refractivity contribution in [3.63, 3.8) is 0 Å². The Hall–Kier alpha value is -4.40. The zero-order chi connectivity index (χ0) is 30.1. The first-order chi connectivity index (χ1) is 19.3. The Morgan fingerprint density at radius 3 is 2.44 bits per heavy atom. The normalized spacial score (nSPS) is 20.4. The number of nitrogens with zero attached hydrogens (tertiary/aromatic N) is 3. The summed E-state index contributed by atoms with van der Waals surface area (Å²) in [5.41, 5.74) is -0.641. The predicted octanol–water partition coefficient (Wildman–Crippen LogP) is 4.03. The molecule has 3 atom stereocenters. The number of anilines is 2. The average Bonchev–Trinajstić information content (AvgIpc) is 3.44. The molecular weight excluding hydrogens is 539 g/mol. The van der Waals surface area contributed by atoms with Crippen molar-refractivity contribution in [2.75, 3.05) is 23.7 Å². The maximum absolute atomic E-state index is 14.1. The summed E-state index contributed by atoms with van der Waals surface area (Å²) in [5.74, 6) is -4.43. The first-order valence-electron chi connectivity index (χ1n) is 13.0. The third-order valence-corrected chi connectivity index (χ3v) is 7.25. The van der Waals surface area contributed by atoms with Gasteiger partial charge in [-0.1, -0.05) is 39.0 Å².